The Kier molecular flexibility index (Phi) is 4.66. The molecule has 2 aromatic heterocycles. The number of hydrogen-bond donors (Lipinski definition) is 2. The van der Waals surface area contributed by atoms with E-state index in [1.807, 2.05) is 12.1 Å². The van der Waals surface area contributed by atoms with Crippen molar-refractivity contribution < 1.29 is 13.6 Å². The van der Waals surface area contributed by atoms with Crippen LogP contribution in [0.2, 0.25) is 5.02 Å². The number of amides is 1. The van der Waals surface area contributed by atoms with E-state index in [1.165, 1.54) is 0 Å². The van der Waals surface area contributed by atoms with Crippen LogP contribution in [0.5, 0.6) is 0 Å². The van der Waals surface area contributed by atoms with Crippen LogP contribution in [0.15, 0.2) is 42.7 Å². The first-order valence-electron chi connectivity index (χ1n) is 8.85. The third kappa shape index (κ3) is 3.77. The van der Waals surface area contributed by atoms with Crippen molar-refractivity contribution in [3.05, 3.63) is 59.0 Å². The van der Waals surface area contributed by atoms with Crippen LogP contribution in [0.3, 0.4) is 0 Å². The van der Waals surface area contributed by atoms with E-state index in [1.54, 1.807) is 42.2 Å². The highest BCUT2D eigenvalue weighted by Crippen LogP contribution is 2.47. The average Bonchev–Trinajstić information content (AvgIpc) is 3.28. The van der Waals surface area contributed by atoms with Crippen LogP contribution in [0.1, 0.15) is 42.9 Å². The van der Waals surface area contributed by atoms with Crippen LogP contribution >= 0.6 is 11.6 Å². The van der Waals surface area contributed by atoms with E-state index in [0.29, 0.717) is 16.5 Å². The van der Waals surface area contributed by atoms with Gasteiger partial charge in [0, 0.05) is 41.6 Å². The molecule has 2 heterocycles. The molecule has 0 saturated heterocycles. The molecule has 1 aliphatic carbocycles. The van der Waals surface area contributed by atoms with Gasteiger partial charge in [0.05, 0.1) is 23.5 Å². The van der Waals surface area contributed by atoms with E-state index in [-0.39, 0.29) is 24.7 Å². The second-order valence-electron chi connectivity index (χ2n) is 7.08. The Bertz CT molecular complexity index is 1010. The molecule has 146 valence electrons. The third-order valence-corrected chi connectivity index (χ3v) is 5.17. The van der Waals surface area contributed by atoms with Crippen LogP contribution in [0, 0.1) is 0 Å². The lowest BCUT2D eigenvalue weighted by atomic mass is 9.79. The molecule has 1 fully saturated rings. The normalized spacial score (nSPS) is 17.1. The molecule has 2 N–H and O–H groups in total. The first-order valence-corrected chi connectivity index (χ1v) is 9.23. The van der Waals surface area contributed by atoms with Gasteiger partial charge in [-0.25, -0.2) is 13.5 Å². The number of carbonyl (C=O) groups is 1. The summed E-state index contributed by atoms with van der Waals surface area (Å²) >= 11 is 6.00. The van der Waals surface area contributed by atoms with Gasteiger partial charge < -0.3 is 5.32 Å². The topological polar surface area (TPSA) is 75.6 Å². The monoisotopic (exact) mass is 405 g/mol. The summed E-state index contributed by atoms with van der Waals surface area (Å²) in [5.74, 6) is -3.20. The van der Waals surface area contributed by atoms with Crippen molar-refractivity contribution in [1.29, 1.82) is 0 Å². The van der Waals surface area contributed by atoms with Gasteiger partial charge in [0.25, 0.3) is 0 Å². The number of hydrogen-bond acceptors (Lipinski definition) is 3. The number of benzene rings is 1. The summed E-state index contributed by atoms with van der Waals surface area (Å²) in [4.78, 5) is 12.5. The zero-order valence-corrected chi connectivity index (χ0v) is 15.8. The van der Waals surface area contributed by atoms with Crippen molar-refractivity contribution in [2.45, 2.75) is 37.5 Å². The largest absolute Gasteiger partial charge is 0.311 e. The number of nitrogens with one attached hydrogen (secondary N) is 2. The zero-order valence-electron chi connectivity index (χ0n) is 15.0. The van der Waals surface area contributed by atoms with Crippen molar-refractivity contribution in [1.82, 2.24) is 20.0 Å². The molecular weight excluding hydrogens is 388 g/mol. The number of aromatic amines is 1. The Morgan fingerprint density at radius 3 is 2.89 bits per heavy atom. The number of nitrogens with zero attached hydrogens (tertiary/aromatic N) is 3. The number of rotatable bonds is 5. The van der Waals surface area contributed by atoms with E-state index in [9.17, 15) is 13.6 Å². The van der Waals surface area contributed by atoms with Gasteiger partial charge in [-0.15, -0.1) is 0 Å². The van der Waals surface area contributed by atoms with Crippen LogP contribution in [-0.4, -0.2) is 31.8 Å². The van der Waals surface area contributed by atoms with Gasteiger partial charge in [-0.3, -0.25) is 9.89 Å². The molecule has 0 radical (unpaired) electrons. The van der Waals surface area contributed by atoms with Crippen molar-refractivity contribution in [3.63, 3.8) is 0 Å². The predicted molar refractivity (Wildman–Crippen MR) is 101 cm³/mol. The average molecular weight is 406 g/mol. The number of carbonyl (C=O) groups excluding carboxylic acids is 1. The lowest BCUT2D eigenvalue weighted by molar-refractivity contribution is -0.117. The van der Waals surface area contributed by atoms with E-state index >= 15 is 0 Å². The van der Waals surface area contributed by atoms with E-state index in [2.05, 4.69) is 20.6 Å². The first kappa shape index (κ1) is 18.6. The highest BCUT2D eigenvalue weighted by Gasteiger charge is 2.46. The van der Waals surface area contributed by atoms with E-state index < -0.39 is 11.8 Å². The fraction of sp³-hybridized carbons (Fsp3) is 0.316. The summed E-state index contributed by atoms with van der Waals surface area (Å²) in [5, 5.41) is 14.4. The quantitative estimate of drug-likeness (QED) is 0.656. The minimum atomic E-state index is -2.61. The molecule has 1 aliphatic rings. The predicted octanol–water partition coefficient (Wildman–Crippen LogP) is 4.50. The van der Waals surface area contributed by atoms with Gasteiger partial charge in [-0.05, 0) is 25.1 Å². The maximum Gasteiger partial charge on any atom is 0.249 e. The maximum absolute atomic E-state index is 13.0. The molecule has 1 saturated carbocycles. The summed E-state index contributed by atoms with van der Waals surface area (Å²) < 4.78 is 27.7. The fourth-order valence-corrected chi connectivity index (χ4v) is 3.38. The maximum atomic E-state index is 13.0. The van der Waals surface area contributed by atoms with Gasteiger partial charge in [0.1, 0.15) is 5.82 Å². The second-order valence-corrected chi connectivity index (χ2v) is 7.51. The Morgan fingerprint density at radius 2 is 2.18 bits per heavy atom. The van der Waals surface area contributed by atoms with Gasteiger partial charge in [-0.2, -0.15) is 10.2 Å². The molecule has 0 bridgehead atoms. The number of alkyl halides is 2. The van der Waals surface area contributed by atoms with Gasteiger partial charge in [0.2, 0.25) is 11.8 Å². The Hall–Kier alpha value is -2.74. The van der Waals surface area contributed by atoms with Crippen molar-refractivity contribution >= 4 is 23.3 Å². The number of H-pyrrole nitrogens is 1. The van der Waals surface area contributed by atoms with Gasteiger partial charge >= 0.3 is 0 Å². The van der Waals surface area contributed by atoms with Crippen molar-refractivity contribution in [2.75, 3.05) is 5.32 Å². The lowest BCUT2D eigenvalue weighted by Gasteiger charge is -2.33. The smallest absolute Gasteiger partial charge is 0.249 e. The fourth-order valence-electron chi connectivity index (χ4n) is 3.19. The Balaban J connectivity index is 1.41. The molecule has 1 aromatic carbocycles. The van der Waals surface area contributed by atoms with Crippen LogP contribution < -0.4 is 5.32 Å². The summed E-state index contributed by atoms with van der Waals surface area (Å²) in [7, 11) is 0. The van der Waals surface area contributed by atoms with Gasteiger partial charge in [0.15, 0.2) is 0 Å². The van der Waals surface area contributed by atoms with Crippen molar-refractivity contribution in [3.8, 4) is 5.69 Å². The third-order valence-electron chi connectivity index (χ3n) is 4.93. The van der Waals surface area contributed by atoms with Crippen molar-refractivity contribution in [2.24, 2.45) is 0 Å². The van der Waals surface area contributed by atoms with Crippen LogP contribution in [0.4, 0.5) is 14.6 Å². The van der Waals surface area contributed by atoms with Gasteiger partial charge in [-0.1, -0.05) is 17.7 Å². The zero-order chi connectivity index (χ0) is 19.9. The second kappa shape index (κ2) is 7.01. The number of anilines is 1. The molecular formula is C19H18ClF2N5O. The molecule has 28 heavy (non-hydrogen) atoms. The lowest BCUT2D eigenvalue weighted by Crippen LogP contribution is -2.33. The molecule has 1 unspecified atom stereocenters. The highest BCUT2D eigenvalue weighted by atomic mass is 35.5. The molecule has 0 spiro atoms. The number of aromatic nitrogens is 4. The minimum absolute atomic E-state index is 0.204. The molecule has 1 atom stereocenters. The van der Waals surface area contributed by atoms with E-state index in [0.717, 1.165) is 11.3 Å². The molecule has 1 amide bonds. The highest BCUT2D eigenvalue weighted by molar-refractivity contribution is 6.30. The SMILES string of the molecule is CC(C(=O)Nc1cc(C2CC(F)(F)C2)n[nH]1)c1cnn(-c2cccc(Cl)c2)c1. The molecule has 9 heteroatoms. The van der Waals surface area contributed by atoms with Crippen LogP contribution in [-0.2, 0) is 4.79 Å². The molecule has 6 nitrogen and oxygen atoms in total. The summed E-state index contributed by atoms with van der Waals surface area (Å²) in [6, 6.07) is 8.85. The molecule has 3 aromatic rings. The summed E-state index contributed by atoms with van der Waals surface area (Å²) in [6.45, 7) is 1.76. The van der Waals surface area contributed by atoms with E-state index in [4.69, 9.17) is 11.6 Å². The standard InChI is InChI=1S/C19H18ClF2N5O/c1-11(13-9-23-27(10-13)15-4-2-3-14(20)5-15)18(28)24-17-6-16(25-26-17)12-7-19(21,22)8-12/h2-6,9-12H,7-8H2,1H3,(H2,24,25,26,28). The Morgan fingerprint density at radius 1 is 1.39 bits per heavy atom. The Labute approximate surface area is 164 Å². The minimum Gasteiger partial charge on any atom is -0.311 e. The van der Waals surface area contributed by atoms with Crippen LogP contribution in [0.25, 0.3) is 5.69 Å². The summed E-state index contributed by atoms with van der Waals surface area (Å²) in [5.41, 5.74) is 2.07. The molecule has 4 rings (SSSR count). The molecule has 0 aliphatic heterocycles. The number of halogens is 3. The summed E-state index contributed by atoms with van der Waals surface area (Å²) in [6.07, 6.45) is 2.99. The first-order chi connectivity index (χ1) is 13.3.